The topological polar surface area (TPSA) is 122 Å². The number of benzene rings is 1. The maximum absolute atomic E-state index is 12.8. The smallest absolute Gasteiger partial charge is 0.229 e. The molecule has 0 saturated carbocycles. The van der Waals surface area contributed by atoms with Crippen molar-refractivity contribution in [1.29, 1.82) is 0 Å². The normalized spacial score (nSPS) is 13.8. The second-order valence-electron chi connectivity index (χ2n) is 9.94. The Bertz CT molecular complexity index is 1710. The number of aliphatic hydroxyl groups excluding tert-OH is 1. The maximum atomic E-state index is 12.8. The van der Waals surface area contributed by atoms with E-state index in [-0.39, 0.29) is 12.0 Å². The average Bonchev–Trinajstić information content (AvgIpc) is 3.58. The number of ether oxygens (including phenoxy) is 1. The Morgan fingerprint density at radius 2 is 1.98 bits per heavy atom. The molecule has 0 aliphatic carbocycles. The molecule has 0 amide bonds. The number of aliphatic hydroxyl groups is 1. The van der Waals surface area contributed by atoms with E-state index in [4.69, 9.17) is 9.15 Å². The van der Waals surface area contributed by atoms with Gasteiger partial charge in [0.1, 0.15) is 4.70 Å². The molecule has 1 aliphatic rings. The van der Waals surface area contributed by atoms with Crippen molar-refractivity contribution in [3.05, 3.63) is 75.7 Å². The summed E-state index contributed by atoms with van der Waals surface area (Å²) in [6.07, 6.45) is 3.65. The highest BCUT2D eigenvalue weighted by Crippen LogP contribution is 2.35. The lowest BCUT2D eigenvalue weighted by Crippen LogP contribution is -2.36. The van der Waals surface area contributed by atoms with Crippen LogP contribution in [0.2, 0.25) is 0 Å². The van der Waals surface area contributed by atoms with Crippen molar-refractivity contribution < 1.29 is 14.3 Å². The number of aromatic nitrogens is 4. The third-order valence-electron chi connectivity index (χ3n) is 7.00. The van der Waals surface area contributed by atoms with Crippen molar-refractivity contribution in [3.63, 3.8) is 0 Å². The first-order valence-corrected chi connectivity index (χ1v) is 14.3. The molecule has 5 heterocycles. The molecule has 0 bridgehead atoms. The zero-order valence-corrected chi connectivity index (χ0v) is 23.7. The summed E-state index contributed by atoms with van der Waals surface area (Å²) in [5, 5.41) is 19.0. The largest absolute Gasteiger partial charge is 0.439 e. The molecule has 4 aromatic heterocycles. The van der Waals surface area contributed by atoms with Gasteiger partial charge in [0.2, 0.25) is 11.4 Å². The zero-order chi connectivity index (χ0) is 28.3. The lowest BCUT2D eigenvalue weighted by atomic mass is 10.1. The van der Waals surface area contributed by atoms with Crippen LogP contribution in [0.4, 0.5) is 17.5 Å². The Balaban J connectivity index is 1.20. The number of morpholine rings is 1. The number of thiophene rings is 1. The number of anilines is 3. The number of aryl methyl sites for hydroxylation is 1. The number of nitrogens with zero attached hydrogens (tertiary/aromatic N) is 6. The standard InChI is InChI=1S/C29H31N7O4S/c1-19-21(16-34(2)9-12-37)17-36(33-19)25-7-8-30-29(32-25)31-22-5-3-20(4-6-22)23-18-41-28-24(38)15-26(40-27(23)28)35-10-13-39-14-11-35/h3-8,15,17-18,37H,9-14,16H2,1-2H3,(H,30,31,32). The van der Waals surface area contributed by atoms with Gasteiger partial charge in [0.15, 0.2) is 17.3 Å². The van der Waals surface area contributed by atoms with Crippen LogP contribution in [0.5, 0.6) is 0 Å². The van der Waals surface area contributed by atoms with Gasteiger partial charge in [-0.15, -0.1) is 11.3 Å². The first-order valence-electron chi connectivity index (χ1n) is 13.4. The first-order chi connectivity index (χ1) is 20.0. The molecule has 1 aromatic carbocycles. The van der Waals surface area contributed by atoms with Crippen molar-refractivity contribution in [3.8, 4) is 16.9 Å². The van der Waals surface area contributed by atoms with Crippen molar-refractivity contribution >= 4 is 39.1 Å². The summed E-state index contributed by atoms with van der Waals surface area (Å²) in [4.78, 5) is 25.9. The quantitative estimate of drug-likeness (QED) is 0.269. The summed E-state index contributed by atoms with van der Waals surface area (Å²) in [5.41, 5.74) is 5.21. The molecule has 1 aliphatic heterocycles. The minimum absolute atomic E-state index is 0.0315. The minimum atomic E-state index is -0.0315. The first kappa shape index (κ1) is 27.1. The lowest BCUT2D eigenvalue weighted by Gasteiger charge is -2.27. The van der Waals surface area contributed by atoms with Gasteiger partial charge in [-0.25, -0.2) is 9.67 Å². The van der Waals surface area contributed by atoms with Gasteiger partial charge in [-0.05, 0) is 31.7 Å². The van der Waals surface area contributed by atoms with Crippen LogP contribution in [-0.4, -0.2) is 76.3 Å². The van der Waals surface area contributed by atoms with Gasteiger partial charge in [-0.3, -0.25) is 9.69 Å². The predicted molar refractivity (Wildman–Crippen MR) is 159 cm³/mol. The van der Waals surface area contributed by atoms with Crippen molar-refractivity contribution in [2.24, 2.45) is 0 Å². The van der Waals surface area contributed by atoms with Crippen molar-refractivity contribution in [2.75, 3.05) is 56.7 Å². The van der Waals surface area contributed by atoms with Gasteiger partial charge < -0.3 is 24.5 Å². The number of likely N-dealkylation sites (N-methyl/N-ethyl adjacent to an activating group) is 1. The molecule has 212 valence electrons. The molecular formula is C29H31N7O4S. The molecule has 2 N–H and O–H groups in total. The van der Waals surface area contributed by atoms with E-state index in [2.05, 4.69) is 20.4 Å². The lowest BCUT2D eigenvalue weighted by molar-refractivity contribution is 0.121. The zero-order valence-electron chi connectivity index (χ0n) is 22.9. The Hall–Kier alpha value is -4.10. The fraction of sp³-hybridized carbons (Fsp3) is 0.310. The molecule has 0 unspecified atom stereocenters. The van der Waals surface area contributed by atoms with Crippen LogP contribution in [-0.2, 0) is 11.3 Å². The van der Waals surface area contributed by atoms with E-state index in [1.807, 2.05) is 65.7 Å². The van der Waals surface area contributed by atoms with Crippen molar-refractivity contribution in [2.45, 2.75) is 13.5 Å². The van der Waals surface area contributed by atoms with Gasteiger partial charge in [0, 0.05) is 72.9 Å². The van der Waals surface area contributed by atoms with Crippen LogP contribution in [0.3, 0.4) is 0 Å². The Kier molecular flexibility index (Phi) is 7.79. The SMILES string of the molecule is Cc1nn(-c2ccnc(Nc3ccc(-c4csc5c(=O)cc(N6CCOCC6)oc45)cc3)n2)cc1CN(C)CCO. The maximum Gasteiger partial charge on any atom is 0.229 e. The second-order valence-corrected chi connectivity index (χ2v) is 10.8. The Labute approximate surface area is 240 Å². The van der Waals surface area contributed by atoms with E-state index in [0.717, 1.165) is 28.1 Å². The van der Waals surface area contributed by atoms with E-state index in [0.29, 0.717) is 67.3 Å². The molecule has 1 saturated heterocycles. The number of fused-ring (bicyclic) bond motifs is 1. The third kappa shape index (κ3) is 5.86. The van der Waals surface area contributed by atoms with Crippen LogP contribution in [0, 0.1) is 6.92 Å². The van der Waals surface area contributed by atoms with Crippen LogP contribution < -0.4 is 15.6 Å². The summed E-state index contributed by atoms with van der Waals surface area (Å²) in [7, 11) is 1.96. The Morgan fingerprint density at radius 1 is 1.17 bits per heavy atom. The molecule has 11 nitrogen and oxygen atoms in total. The third-order valence-corrected chi connectivity index (χ3v) is 7.98. The van der Waals surface area contributed by atoms with Crippen LogP contribution in [0.1, 0.15) is 11.3 Å². The predicted octanol–water partition coefficient (Wildman–Crippen LogP) is 3.81. The van der Waals surface area contributed by atoms with Gasteiger partial charge >= 0.3 is 0 Å². The molecule has 0 radical (unpaired) electrons. The average molecular weight is 574 g/mol. The van der Waals surface area contributed by atoms with Gasteiger partial charge in [0.05, 0.1) is 25.5 Å². The minimum Gasteiger partial charge on any atom is -0.439 e. The van der Waals surface area contributed by atoms with Gasteiger partial charge in [0.25, 0.3) is 0 Å². The molecule has 0 spiro atoms. The number of rotatable bonds is 9. The molecule has 0 atom stereocenters. The van der Waals surface area contributed by atoms with E-state index >= 15 is 0 Å². The molecule has 12 heteroatoms. The van der Waals surface area contributed by atoms with E-state index < -0.39 is 0 Å². The monoisotopic (exact) mass is 573 g/mol. The van der Waals surface area contributed by atoms with Crippen molar-refractivity contribution in [1.82, 2.24) is 24.6 Å². The number of hydrogen-bond acceptors (Lipinski definition) is 11. The van der Waals surface area contributed by atoms with Gasteiger partial charge in [-0.2, -0.15) is 10.1 Å². The van der Waals surface area contributed by atoms with Crippen LogP contribution >= 0.6 is 11.3 Å². The molecule has 5 aromatic rings. The van der Waals surface area contributed by atoms with Crippen LogP contribution in [0.25, 0.3) is 27.2 Å². The fourth-order valence-electron chi connectivity index (χ4n) is 4.78. The molecule has 41 heavy (non-hydrogen) atoms. The second kappa shape index (κ2) is 11.8. The summed E-state index contributed by atoms with van der Waals surface area (Å²) in [5.74, 6) is 1.68. The molecular weight excluding hydrogens is 542 g/mol. The summed E-state index contributed by atoms with van der Waals surface area (Å²) in [6.45, 7) is 5.98. The Morgan fingerprint density at radius 3 is 2.76 bits per heavy atom. The van der Waals surface area contributed by atoms with Gasteiger partial charge in [-0.1, -0.05) is 12.1 Å². The molecule has 1 fully saturated rings. The van der Waals surface area contributed by atoms with E-state index in [1.165, 1.54) is 11.3 Å². The van der Waals surface area contributed by atoms with E-state index in [1.54, 1.807) is 16.9 Å². The molecule has 6 rings (SSSR count). The highest BCUT2D eigenvalue weighted by Gasteiger charge is 2.19. The summed E-state index contributed by atoms with van der Waals surface area (Å²) < 4.78 is 14.0. The number of hydrogen-bond donors (Lipinski definition) is 2. The highest BCUT2D eigenvalue weighted by atomic mass is 32.1. The summed E-state index contributed by atoms with van der Waals surface area (Å²) in [6, 6.07) is 11.3. The summed E-state index contributed by atoms with van der Waals surface area (Å²) >= 11 is 1.40. The van der Waals surface area contributed by atoms with Crippen LogP contribution in [0.15, 0.2) is 63.4 Å². The fourth-order valence-corrected chi connectivity index (χ4v) is 5.69. The highest BCUT2D eigenvalue weighted by molar-refractivity contribution is 7.17. The number of nitrogens with one attached hydrogen (secondary N) is 1. The van der Waals surface area contributed by atoms with E-state index in [9.17, 15) is 9.90 Å².